The van der Waals surface area contributed by atoms with Crippen LogP contribution in [0, 0.1) is 0 Å². The van der Waals surface area contributed by atoms with Gasteiger partial charge < -0.3 is 9.47 Å². The van der Waals surface area contributed by atoms with Crippen LogP contribution in [0.25, 0.3) is 10.8 Å². The minimum absolute atomic E-state index is 0.335. The van der Waals surface area contributed by atoms with Crippen LogP contribution in [-0.4, -0.2) is 23.4 Å². The maximum Gasteiger partial charge on any atom is 0.339 e. The van der Waals surface area contributed by atoms with Crippen LogP contribution in [-0.2, 0) is 4.79 Å². The lowest BCUT2D eigenvalue weighted by molar-refractivity contribution is -0.130. The fraction of sp³-hybridized carbons (Fsp3) is 0.179. The predicted molar refractivity (Wildman–Crippen MR) is 129 cm³/mol. The first kappa shape index (κ1) is 21.6. The number of ether oxygens (including phenoxy) is 2. The number of imide groups is 1. The van der Waals surface area contributed by atoms with Gasteiger partial charge in [-0.15, -0.1) is 0 Å². The van der Waals surface area contributed by atoms with Gasteiger partial charge in [0, 0.05) is 16.5 Å². The first-order valence-electron chi connectivity index (χ1n) is 11.0. The number of allylic oxidation sites excluding steroid dienone is 3. The van der Waals surface area contributed by atoms with Crippen LogP contribution in [0.2, 0.25) is 0 Å². The van der Waals surface area contributed by atoms with Gasteiger partial charge in [-0.1, -0.05) is 30.4 Å². The van der Waals surface area contributed by atoms with Gasteiger partial charge in [0.2, 0.25) is 0 Å². The lowest BCUT2D eigenvalue weighted by Gasteiger charge is -2.28. The van der Waals surface area contributed by atoms with Crippen LogP contribution < -0.4 is 14.4 Å². The largest absolute Gasteiger partial charge is 0.488 e. The van der Waals surface area contributed by atoms with Gasteiger partial charge >= 0.3 is 5.97 Å². The van der Waals surface area contributed by atoms with E-state index in [2.05, 4.69) is 0 Å². The summed E-state index contributed by atoms with van der Waals surface area (Å²) in [4.78, 5) is 40.2. The van der Waals surface area contributed by atoms with Gasteiger partial charge in [0.15, 0.2) is 0 Å². The van der Waals surface area contributed by atoms with Crippen molar-refractivity contribution in [2.75, 3.05) is 4.90 Å². The summed E-state index contributed by atoms with van der Waals surface area (Å²) in [6, 6.07) is 15.3. The van der Waals surface area contributed by atoms with E-state index in [-0.39, 0.29) is 0 Å². The Balaban J connectivity index is 1.49. The summed E-state index contributed by atoms with van der Waals surface area (Å²) in [5, 5.41) is 1.40. The number of carbonyl (C=O) groups excluding carboxylic acids is 3. The molecule has 6 nitrogen and oxygen atoms in total. The molecule has 0 unspecified atom stereocenters. The Hall–Kier alpha value is -4.19. The van der Waals surface area contributed by atoms with Crippen LogP contribution in [0.15, 0.2) is 78.4 Å². The average Bonchev–Trinajstić information content (AvgIpc) is 3.32. The van der Waals surface area contributed by atoms with E-state index in [1.165, 1.54) is 0 Å². The van der Waals surface area contributed by atoms with E-state index in [0.717, 1.165) is 10.3 Å². The molecule has 2 amide bonds. The minimum atomic E-state index is -0.441. The van der Waals surface area contributed by atoms with E-state index in [1.807, 2.05) is 45.1 Å². The topological polar surface area (TPSA) is 72.9 Å². The number of nitrogens with zero attached hydrogens (tertiary/aromatic N) is 1. The summed E-state index contributed by atoms with van der Waals surface area (Å²) >= 11 is 0. The Kier molecular flexibility index (Phi) is 5.09. The van der Waals surface area contributed by atoms with Gasteiger partial charge in [-0.05, 0) is 75.0 Å². The molecule has 0 spiro atoms. The van der Waals surface area contributed by atoms with Gasteiger partial charge in [0.1, 0.15) is 17.1 Å². The third-order valence-corrected chi connectivity index (χ3v) is 5.58. The molecule has 34 heavy (non-hydrogen) atoms. The van der Waals surface area contributed by atoms with Crippen LogP contribution in [0.4, 0.5) is 5.69 Å². The molecule has 0 aromatic heterocycles. The summed E-state index contributed by atoms with van der Waals surface area (Å²) in [5.41, 5.74) is 1.38. The molecule has 0 radical (unpaired) electrons. The van der Waals surface area contributed by atoms with Crippen LogP contribution in [0.5, 0.6) is 11.5 Å². The van der Waals surface area contributed by atoms with Gasteiger partial charge in [0.05, 0.1) is 11.3 Å². The summed E-state index contributed by atoms with van der Waals surface area (Å²) in [6.07, 6.45) is 5.95. The average molecular weight is 453 g/mol. The Bertz CT molecular complexity index is 1410. The molecule has 0 atom stereocenters. The quantitative estimate of drug-likeness (QED) is 0.292. The molecule has 1 heterocycles. The summed E-state index contributed by atoms with van der Waals surface area (Å²) in [6.45, 7) is 5.81. The third-order valence-electron chi connectivity index (χ3n) is 5.58. The Morgan fingerprint density at radius 2 is 1.65 bits per heavy atom. The molecule has 0 bridgehead atoms. The van der Waals surface area contributed by atoms with E-state index < -0.39 is 23.4 Å². The zero-order valence-corrected chi connectivity index (χ0v) is 19.1. The Morgan fingerprint density at radius 3 is 2.32 bits per heavy atom. The SMILES string of the molecule is CC(C)(C)Oc1cc2c3c(cccc3c1)C(=O)N(c1ccc(OC(=O)C3=CC=CC3)cc1)C2=O. The van der Waals surface area contributed by atoms with Gasteiger partial charge in [-0.25, -0.2) is 9.69 Å². The summed E-state index contributed by atoms with van der Waals surface area (Å²) < 4.78 is 11.4. The van der Waals surface area contributed by atoms with Crippen molar-refractivity contribution in [3.8, 4) is 11.5 Å². The van der Waals surface area contributed by atoms with Gasteiger partial charge in [-0.2, -0.15) is 0 Å². The Labute approximate surface area is 197 Å². The highest BCUT2D eigenvalue weighted by Gasteiger charge is 2.34. The second-order valence-electron chi connectivity index (χ2n) is 9.24. The molecular formula is C28H23NO5. The van der Waals surface area contributed by atoms with E-state index in [1.54, 1.807) is 48.5 Å². The standard InChI is InChI=1S/C28H23NO5/c1-28(2,3)34-21-15-18-9-6-10-22-24(18)23(16-21)26(31)29(25(22)30)19-11-13-20(14-12-19)33-27(32)17-7-4-5-8-17/h4-7,9-16H,8H2,1-3H3. The molecule has 1 aliphatic heterocycles. The highest BCUT2D eigenvalue weighted by molar-refractivity contribution is 6.36. The normalized spacial score (nSPS) is 15.0. The number of hydrogen-bond donors (Lipinski definition) is 0. The number of carbonyl (C=O) groups is 3. The third kappa shape index (κ3) is 3.88. The minimum Gasteiger partial charge on any atom is -0.488 e. The predicted octanol–water partition coefficient (Wildman–Crippen LogP) is 5.61. The number of rotatable bonds is 4. The number of anilines is 1. The van der Waals surface area contributed by atoms with Crippen molar-refractivity contribution in [2.24, 2.45) is 0 Å². The first-order valence-corrected chi connectivity index (χ1v) is 11.0. The van der Waals surface area contributed by atoms with E-state index in [0.29, 0.717) is 45.7 Å². The number of benzene rings is 3. The fourth-order valence-electron chi connectivity index (χ4n) is 4.16. The molecule has 0 fully saturated rings. The van der Waals surface area contributed by atoms with Crippen molar-refractivity contribution in [3.05, 3.63) is 89.5 Å². The molecule has 0 N–H and O–H groups in total. The van der Waals surface area contributed by atoms with Gasteiger partial charge in [-0.3, -0.25) is 9.59 Å². The molecule has 1 aliphatic carbocycles. The van der Waals surface area contributed by atoms with E-state index in [9.17, 15) is 14.4 Å². The lowest BCUT2D eigenvalue weighted by atomic mass is 9.93. The zero-order chi connectivity index (χ0) is 24.0. The van der Waals surface area contributed by atoms with E-state index >= 15 is 0 Å². The number of hydrogen-bond acceptors (Lipinski definition) is 5. The van der Waals surface area contributed by atoms with Crippen molar-refractivity contribution in [1.29, 1.82) is 0 Å². The molecule has 3 aromatic carbocycles. The summed E-state index contributed by atoms with van der Waals surface area (Å²) in [5.74, 6) is -0.357. The smallest absolute Gasteiger partial charge is 0.339 e. The molecule has 170 valence electrons. The van der Waals surface area contributed by atoms with Crippen molar-refractivity contribution < 1.29 is 23.9 Å². The molecular weight excluding hydrogens is 430 g/mol. The molecule has 0 saturated carbocycles. The first-order chi connectivity index (χ1) is 16.2. The maximum absolute atomic E-state index is 13.5. The summed E-state index contributed by atoms with van der Waals surface area (Å²) in [7, 11) is 0. The molecule has 5 rings (SSSR count). The van der Waals surface area contributed by atoms with Crippen molar-refractivity contribution in [1.82, 2.24) is 0 Å². The van der Waals surface area contributed by atoms with Crippen molar-refractivity contribution in [2.45, 2.75) is 32.8 Å². The highest BCUT2D eigenvalue weighted by atomic mass is 16.5. The van der Waals surface area contributed by atoms with Crippen LogP contribution in [0.1, 0.15) is 47.9 Å². The van der Waals surface area contributed by atoms with Crippen LogP contribution >= 0.6 is 0 Å². The monoisotopic (exact) mass is 453 g/mol. The molecule has 2 aliphatic rings. The van der Waals surface area contributed by atoms with Crippen LogP contribution in [0.3, 0.4) is 0 Å². The van der Waals surface area contributed by atoms with Gasteiger partial charge in [0.25, 0.3) is 11.8 Å². The number of amides is 2. The lowest BCUT2D eigenvalue weighted by Crippen LogP contribution is -2.40. The molecule has 3 aromatic rings. The zero-order valence-electron chi connectivity index (χ0n) is 19.1. The highest BCUT2D eigenvalue weighted by Crippen LogP contribution is 2.36. The maximum atomic E-state index is 13.5. The number of esters is 1. The molecule has 0 saturated heterocycles. The van der Waals surface area contributed by atoms with Crippen molar-refractivity contribution >= 4 is 34.2 Å². The second-order valence-corrected chi connectivity index (χ2v) is 9.24. The van der Waals surface area contributed by atoms with Crippen molar-refractivity contribution in [3.63, 3.8) is 0 Å². The molecule has 6 heteroatoms. The van der Waals surface area contributed by atoms with E-state index in [4.69, 9.17) is 9.47 Å². The second kappa shape index (κ2) is 7.99. The Morgan fingerprint density at radius 1 is 0.912 bits per heavy atom. The fourth-order valence-corrected chi connectivity index (χ4v) is 4.16.